The maximum absolute atomic E-state index is 13.2. The van der Waals surface area contributed by atoms with Crippen molar-refractivity contribution in [2.45, 2.75) is 194 Å². The number of hydrogen-bond acceptors (Lipinski definition) is 16. The summed E-state index contributed by atoms with van der Waals surface area (Å²) >= 11 is 0. The van der Waals surface area contributed by atoms with Crippen LogP contribution in [0.4, 0.5) is 0 Å². The predicted octanol–water partition coefficient (Wildman–Crippen LogP) is 21.9. The second kappa shape index (κ2) is 44.8. The van der Waals surface area contributed by atoms with E-state index in [0.717, 1.165) is 25.7 Å². The highest BCUT2D eigenvalue weighted by Gasteiger charge is 2.19. The average Bonchev–Trinajstić information content (AvgIpc) is 0.868. The normalized spacial score (nSPS) is 10.9. The van der Waals surface area contributed by atoms with Crippen LogP contribution in [0.25, 0.3) is 0 Å². The van der Waals surface area contributed by atoms with Crippen LogP contribution in [0.3, 0.4) is 0 Å². The summed E-state index contributed by atoms with van der Waals surface area (Å²) in [6.07, 6.45) is 36.2. The Hall–Kier alpha value is -10.4. The molecule has 0 aliphatic carbocycles. The fourth-order valence-electron chi connectivity index (χ4n) is 11.4. The molecule has 0 saturated carbocycles. The van der Waals surface area contributed by atoms with E-state index in [1.165, 1.54) is 300 Å². The van der Waals surface area contributed by atoms with Crippen molar-refractivity contribution < 1.29 is 76.2 Å². The van der Waals surface area contributed by atoms with Crippen molar-refractivity contribution in [3.05, 3.63) is 233 Å². The van der Waals surface area contributed by atoms with E-state index in [1.54, 1.807) is 48.5 Å². The summed E-state index contributed by atoms with van der Waals surface area (Å²) in [6.45, 7) is 5.75. The second-order valence-corrected chi connectivity index (χ2v) is 25.8. The molecular formula is C87H98O16. The molecule has 0 heterocycles. The Bertz CT molecular complexity index is 3880. The van der Waals surface area contributed by atoms with Crippen molar-refractivity contribution in [1.29, 1.82) is 0 Å². The number of unbranched alkanes of at least 4 members (excludes halogenated alkanes) is 26. The summed E-state index contributed by atoms with van der Waals surface area (Å²) in [5, 5.41) is 0. The van der Waals surface area contributed by atoms with Gasteiger partial charge in [-0.2, -0.15) is 0 Å². The van der Waals surface area contributed by atoms with Crippen LogP contribution in [0.1, 0.15) is 266 Å². The van der Waals surface area contributed by atoms with Crippen molar-refractivity contribution in [1.82, 2.24) is 0 Å². The van der Waals surface area contributed by atoms with Gasteiger partial charge in [0.15, 0.2) is 0 Å². The van der Waals surface area contributed by atoms with E-state index in [-0.39, 0.29) is 68.1 Å². The van der Waals surface area contributed by atoms with E-state index in [0.29, 0.717) is 35.8 Å². The molecule has 16 heteroatoms. The maximum Gasteiger partial charge on any atom is 0.343 e. The molecule has 0 spiro atoms. The smallest absolute Gasteiger partial charge is 0.343 e. The van der Waals surface area contributed by atoms with Crippen molar-refractivity contribution in [2.75, 3.05) is 13.2 Å². The Morgan fingerprint density at radius 3 is 0.612 bits per heavy atom. The fourth-order valence-corrected chi connectivity index (χ4v) is 11.4. The van der Waals surface area contributed by atoms with E-state index in [2.05, 4.69) is 13.8 Å². The SMILES string of the molecule is CCCCCCCCCCCCCCCCOc1ccc(C(=O)Oc2ccc(C(=O)Oc3cccc(C(=O)Oc4ccc(OC(=O)c5ccc(OC(=O)c6cccc(OC(=O)c7ccc(OC(=O)c8ccc(OCCCCCCCCCCCCCCCC)cc8)cc7)c6)cc5)cc4)c3)cc2)cc1. The van der Waals surface area contributed by atoms with Gasteiger partial charge in [0.1, 0.15) is 51.7 Å². The van der Waals surface area contributed by atoms with E-state index >= 15 is 0 Å². The molecule has 0 N–H and O–H groups in total. The summed E-state index contributed by atoms with van der Waals surface area (Å²) in [5.74, 6) is -2.39. The van der Waals surface area contributed by atoms with Gasteiger partial charge in [0, 0.05) is 0 Å². The summed E-state index contributed by atoms with van der Waals surface area (Å²) in [4.78, 5) is 91.7. The van der Waals surface area contributed by atoms with Gasteiger partial charge in [0.2, 0.25) is 0 Å². The predicted molar refractivity (Wildman–Crippen MR) is 398 cm³/mol. The largest absolute Gasteiger partial charge is 0.494 e. The number of esters is 7. The van der Waals surface area contributed by atoms with Crippen molar-refractivity contribution in [2.24, 2.45) is 0 Å². The van der Waals surface area contributed by atoms with Gasteiger partial charge in [-0.1, -0.05) is 193 Å². The molecule has 0 aromatic heterocycles. The van der Waals surface area contributed by atoms with Gasteiger partial charge in [-0.3, -0.25) is 0 Å². The van der Waals surface area contributed by atoms with E-state index in [9.17, 15) is 33.6 Å². The number of benzene rings is 8. The third-order valence-corrected chi connectivity index (χ3v) is 17.4. The molecule has 0 saturated heterocycles. The molecule has 8 aromatic rings. The van der Waals surface area contributed by atoms with Gasteiger partial charge in [-0.05, 0) is 195 Å². The minimum atomic E-state index is -0.756. The number of rotatable bonds is 46. The number of carbonyl (C=O) groups excluding carboxylic acids is 7. The Morgan fingerprint density at radius 1 is 0.194 bits per heavy atom. The Morgan fingerprint density at radius 2 is 0.379 bits per heavy atom. The minimum absolute atomic E-state index is 0.0779. The monoisotopic (exact) mass is 1400 g/mol. The van der Waals surface area contributed by atoms with Gasteiger partial charge in [-0.15, -0.1) is 0 Å². The Balaban J connectivity index is 0.681. The number of hydrogen-bond donors (Lipinski definition) is 0. The van der Waals surface area contributed by atoms with Crippen LogP contribution >= 0.6 is 0 Å². The van der Waals surface area contributed by atoms with Gasteiger partial charge >= 0.3 is 41.8 Å². The summed E-state index contributed by atoms with van der Waals surface area (Å²) in [7, 11) is 0. The summed E-state index contributed by atoms with van der Waals surface area (Å²) < 4.78 is 50.7. The molecule has 0 atom stereocenters. The lowest BCUT2D eigenvalue weighted by Gasteiger charge is -2.10. The zero-order chi connectivity index (χ0) is 72.5. The van der Waals surface area contributed by atoms with Gasteiger partial charge in [-0.25, -0.2) is 33.6 Å². The highest BCUT2D eigenvalue weighted by molar-refractivity contribution is 5.96. The van der Waals surface area contributed by atoms with Crippen molar-refractivity contribution >= 4 is 41.8 Å². The Kier molecular flexibility index (Phi) is 34.1. The molecule has 0 fully saturated rings. The van der Waals surface area contributed by atoms with Gasteiger partial charge in [0.25, 0.3) is 0 Å². The maximum atomic E-state index is 13.2. The van der Waals surface area contributed by atoms with E-state index in [4.69, 9.17) is 42.6 Å². The average molecular weight is 1400 g/mol. The highest BCUT2D eigenvalue weighted by Crippen LogP contribution is 2.27. The first kappa shape index (κ1) is 78.4. The van der Waals surface area contributed by atoms with Crippen LogP contribution in [0.5, 0.6) is 51.7 Å². The molecule has 542 valence electrons. The van der Waals surface area contributed by atoms with Crippen LogP contribution in [-0.2, 0) is 0 Å². The lowest BCUT2D eigenvalue weighted by molar-refractivity contribution is 0.0711. The third-order valence-electron chi connectivity index (χ3n) is 17.4. The standard InChI is InChI=1S/C87H98O16/c1-3-5-7-9-11-13-15-17-19-21-23-25-27-29-61-95-72-47-37-65(38-48-72)81(88)97-74-51-43-68(44-52-74)84(91)102-79-35-31-33-70(63-79)86(93)100-76-55-41-67(42-56-76)83(90)99-77-57-59-78(60-58-77)101-87(94)71-34-32-36-80(64-71)103-85(92)69-45-53-75(54-46-69)98-82(89)66-39-49-73(50-40-66)96-62-30-28-26-24-22-20-18-16-14-12-10-8-6-4-2/h31-60,63-64H,3-30,61-62H2,1-2H3. The van der Waals surface area contributed by atoms with E-state index in [1.807, 2.05) is 0 Å². The molecule has 0 radical (unpaired) electrons. The molecule has 16 nitrogen and oxygen atoms in total. The Labute approximate surface area is 606 Å². The zero-order valence-electron chi connectivity index (χ0n) is 59.7. The summed E-state index contributed by atoms with van der Waals surface area (Å²) in [5.41, 5.74) is 1.35. The molecule has 0 bridgehead atoms. The molecule has 0 aliphatic rings. The number of carbonyl (C=O) groups is 7. The topological polar surface area (TPSA) is 203 Å². The molecule has 103 heavy (non-hydrogen) atoms. The van der Waals surface area contributed by atoms with E-state index < -0.39 is 41.8 Å². The molecule has 0 aliphatic heterocycles. The first-order valence-electron chi connectivity index (χ1n) is 37.0. The zero-order valence-corrected chi connectivity index (χ0v) is 59.7. The minimum Gasteiger partial charge on any atom is -0.494 e. The molecule has 8 rings (SSSR count). The molecule has 8 aromatic carbocycles. The van der Waals surface area contributed by atoms with Gasteiger partial charge < -0.3 is 42.6 Å². The van der Waals surface area contributed by atoms with Crippen LogP contribution < -0.4 is 42.6 Å². The van der Waals surface area contributed by atoms with Crippen LogP contribution in [0.2, 0.25) is 0 Å². The lowest BCUT2D eigenvalue weighted by atomic mass is 10.0. The molecule has 0 amide bonds. The quantitative estimate of drug-likeness (QED) is 0.0198. The van der Waals surface area contributed by atoms with Crippen LogP contribution in [0, 0.1) is 0 Å². The second-order valence-electron chi connectivity index (χ2n) is 25.8. The van der Waals surface area contributed by atoms with Crippen molar-refractivity contribution in [3.63, 3.8) is 0 Å². The first-order chi connectivity index (χ1) is 50.4. The van der Waals surface area contributed by atoms with Crippen LogP contribution in [0.15, 0.2) is 194 Å². The fraction of sp³-hybridized carbons (Fsp3) is 0.368. The highest BCUT2D eigenvalue weighted by atomic mass is 16.6. The third kappa shape index (κ3) is 28.9. The van der Waals surface area contributed by atoms with Gasteiger partial charge in [0.05, 0.1) is 52.2 Å². The molecular weight excluding hydrogens is 1300 g/mol. The van der Waals surface area contributed by atoms with Crippen molar-refractivity contribution in [3.8, 4) is 51.7 Å². The first-order valence-corrected chi connectivity index (χ1v) is 37.0. The number of ether oxygens (including phenoxy) is 9. The molecule has 0 unspecified atom stereocenters. The lowest BCUT2D eigenvalue weighted by Crippen LogP contribution is -2.12. The summed E-state index contributed by atoms with van der Waals surface area (Å²) in [6, 6.07) is 48.6. The van der Waals surface area contributed by atoms with Crippen LogP contribution in [-0.4, -0.2) is 55.0 Å².